The number of benzene rings is 1. The van der Waals surface area contributed by atoms with Gasteiger partial charge in [-0.25, -0.2) is 8.60 Å². The normalized spacial score (nSPS) is 19.0. The highest BCUT2D eigenvalue weighted by atomic mass is 32.2. The molecule has 3 heterocycles. The molecule has 1 N–H and O–H groups in total. The Morgan fingerprint density at radius 2 is 2.25 bits per heavy atom. The van der Waals surface area contributed by atoms with Crippen LogP contribution in [0.15, 0.2) is 53.7 Å². The first-order chi connectivity index (χ1) is 11.7. The Balaban J connectivity index is 1.76. The Morgan fingerprint density at radius 3 is 3.04 bits per heavy atom. The summed E-state index contributed by atoms with van der Waals surface area (Å²) in [6, 6.07) is 10.1. The lowest BCUT2D eigenvalue weighted by atomic mass is 10.1. The smallest absolute Gasteiger partial charge is 0.157 e. The summed E-state index contributed by atoms with van der Waals surface area (Å²) in [5.41, 5.74) is 2.76. The number of nitrogens with one attached hydrogen (secondary N) is 1. The average molecular weight is 343 g/mol. The van der Waals surface area contributed by atoms with E-state index in [-0.39, 0.29) is 5.82 Å². The molecular weight excluding hydrogens is 325 g/mol. The van der Waals surface area contributed by atoms with E-state index in [9.17, 15) is 8.60 Å². The lowest BCUT2D eigenvalue weighted by Gasteiger charge is -2.08. The third kappa shape index (κ3) is 2.87. The Bertz CT molecular complexity index is 902. The monoisotopic (exact) mass is 343 g/mol. The molecular formula is C18H18FN3OS. The molecule has 0 spiro atoms. The quantitative estimate of drug-likeness (QED) is 0.792. The zero-order valence-electron chi connectivity index (χ0n) is 13.1. The van der Waals surface area contributed by atoms with Crippen LogP contribution in [0.1, 0.15) is 18.4 Å². The van der Waals surface area contributed by atoms with Gasteiger partial charge in [0.25, 0.3) is 0 Å². The third-order valence-electron chi connectivity index (χ3n) is 4.41. The van der Waals surface area contributed by atoms with Crippen molar-refractivity contribution < 1.29 is 8.60 Å². The lowest BCUT2D eigenvalue weighted by Crippen LogP contribution is -2.23. The van der Waals surface area contributed by atoms with Gasteiger partial charge in [0, 0.05) is 18.4 Å². The van der Waals surface area contributed by atoms with Crippen molar-refractivity contribution in [3.05, 3.63) is 60.2 Å². The summed E-state index contributed by atoms with van der Waals surface area (Å²) < 4.78 is 28.1. The molecule has 4 nitrogen and oxygen atoms in total. The largest absolute Gasteiger partial charge is 0.314 e. The molecule has 124 valence electrons. The fourth-order valence-corrected chi connectivity index (χ4v) is 4.45. The summed E-state index contributed by atoms with van der Waals surface area (Å²) in [6.45, 7) is 1.05. The van der Waals surface area contributed by atoms with Crippen LogP contribution < -0.4 is 5.32 Å². The number of pyridine rings is 1. The van der Waals surface area contributed by atoms with E-state index in [0.717, 1.165) is 36.0 Å². The maximum atomic E-state index is 13.5. The summed E-state index contributed by atoms with van der Waals surface area (Å²) in [7, 11) is -1.50. The van der Waals surface area contributed by atoms with Crippen LogP contribution in [0.5, 0.6) is 0 Å². The number of halogens is 1. The lowest BCUT2D eigenvalue weighted by molar-refractivity contribution is 0.604. The van der Waals surface area contributed by atoms with Gasteiger partial charge in [-0.15, -0.1) is 0 Å². The van der Waals surface area contributed by atoms with E-state index in [1.165, 1.54) is 18.6 Å². The minimum Gasteiger partial charge on any atom is -0.314 e. The van der Waals surface area contributed by atoms with Gasteiger partial charge >= 0.3 is 0 Å². The van der Waals surface area contributed by atoms with Crippen molar-refractivity contribution >= 4 is 22.0 Å². The Morgan fingerprint density at radius 1 is 1.33 bits per heavy atom. The second-order valence-corrected chi connectivity index (χ2v) is 7.42. The van der Waals surface area contributed by atoms with Crippen LogP contribution in [0.4, 0.5) is 4.39 Å². The first kappa shape index (κ1) is 15.5. The zero-order valence-corrected chi connectivity index (χ0v) is 13.9. The van der Waals surface area contributed by atoms with E-state index < -0.39 is 11.0 Å². The number of aromatic nitrogens is 2. The number of rotatable bonds is 4. The molecule has 0 bridgehead atoms. The molecule has 6 heteroatoms. The van der Waals surface area contributed by atoms with Gasteiger partial charge in [0.15, 0.2) is 11.0 Å². The van der Waals surface area contributed by atoms with Crippen LogP contribution in [-0.2, 0) is 17.4 Å². The first-order valence-corrected chi connectivity index (χ1v) is 9.19. The van der Waals surface area contributed by atoms with Crippen LogP contribution in [0.25, 0.3) is 11.0 Å². The van der Waals surface area contributed by atoms with E-state index in [0.29, 0.717) is 10.9 Å². The molecule has 1 aliphatic rings. The van der Waals surface area contributed by atoms with Gasteiger partial charge in [0.1, 0.15) is 5.82 Å². The van der Waals surface area contributed by atoms with Gasteiger partial charge in [-0.3, -0.25) is 8.96 Å². The topological polar surface area (TPSA) is 46.9 Å². The predicted molar refractivity (Wildman–Crippen MR) is 92.7 cm³/mol. The van der Waals surface area contributed by atoms with Crippen LogP contribution >= 0.6 is 0 Å². The van der Waals surface area contributed by atoms with Crippen molar-refractivity contribution in [3.63, 3.8) is 0 Å². The molecule has 24 heavy (non-hydrogen) atoms. The highest BCUT2D eigenvalue weighted by Crippen LogP contribution is 2.25. The SMILES string of the molecule is O=S(c1cccc(F)c1)n1cc(C[C@H]2CCCN2)c2ncccc21. The molecule has 2 atom stereocenters. The van der Waals surface area contributed by atoms with Gasteiger partial charge in [0.2, 0.25) is 0 Å². The molecule has 0 aliphatic carbocycles. The van der Waals surface area contributed by atoms with Gasteiger partial charge < -0.3 is 5.32 Å². The van der Waals surface area contributed by atoms with E-state index >= 15 is 0 Å². The van der Waals surface area contributed by atoms with Crippen molar-refractivity contribution in [1.82, 2.24) is 14.3 Å². The second kappa shape index (κ2) is 6.45. The molecule has 4 rings (SSSR count). The summed E-state index contributed by atoms with van der Waals surface area (Å²) >= 11 is 0. The second-order valence-electron chi connectivity index (χ2n) is 6.06. The third-order valence-corrected chi connectivity index (χ3v) is 5.72. The van der Waals surface area contributed by atoms with Gasteiger partial charge in [-0.05, 0) is 61.7 Å². The van der Waals surface area contributed by atoms with Crippen molar-refractivity contribution in [2.24, 2.45) is 0 Å². The van der Waals surface area contributed by atoms with E-state index in [4.69, 9.17) is 0 Å². The molecule has 3 aromatic rings. The molecule has 1 fully saturated rings. The molecule has 1 aliphatic heterocycles. The van der Waals surface area contributed by atoms with Crippen LogP contribution in [-0.4, -0.2) is 25.8 Å². The van der Waals surface area contributed by atoms with Crippen molar-refractivity contribution in [2.45, 2.75) is 30.2 Å². The van der Waals surface area contributed by atoms with Gasteiger partial charge in [-0.2, -0.15) is 0 Å². The molecule has 1 aromatic carbocycles. The molecule has 0 saturated carbocycles. The summed E-state index contributed by atoms with van der Waals surface area (Å²) in [6.07, 6.45) is 6.85. The van der Waals surface area contributed by atoms with E-state index in [2.05, 4.69) is 10.3 Å². The van der Waals surface area contributed by atoms with Crippen molar-refractivity contribution in [3.8, 4) is 0 Å². The number of hydrogen-bond acceptors (Lipinski definition) is 3. The minimum atomic E-state index is -1.50. The van der Waals surface area contributed by atoms with Crippen LogP contribution in [0.3, 0.4) is 0 Å². The first-order valence-electron chi connectivity index (χ1n) is 8.08. The number of nitrogens with zero attached hydrogens (tertiary/aromatic N) is 2. The molecule has 1 saturated heterocycles. The number of hydrogen-bond donors (Lipinski definition) is 1. The van der Waals surface area contributed by atoms with Crippen molar-refractivity contribution in [1.29, 1.82) is 0 Å². The average Bonchev–Trinajstić information content (AvgIpc) is 3.23. The molecule has 2 aromatic heterocycles. The zero-order chi connectivity index (χ0) is 16.5. The van der Waals surface area contributed by atoms with Crippen LogP contribution in [0, 0.1) is 5.82 Å². The number of fused-ring (bicyclic) bond motifs is 1. The fraction of sp³-hybridized carbons (Fsp3) is 0.278. The maximum absolute atomic E-state index is 13.5. The Hall–Kier alpha value is -2.05. The fourth-order valence-electron chi connectivity index (χ4n) is 3.27. The highest BCUT2D eigenvalue weighted by Gasteiger charge is 2.20. The Labute approximate surface area is 142 Å². The standard InChI is InChI=1S/C18H18FN3OS/c19-14-4-1-6-16(11-14)24(23)22-12-13(10-15-5-2-8-20-15)18-17(22)7-3-9-21-18/h1,3-4,6-7,9,11-12,15,20H,2,5,8,10H2/t15-,24?/m1/s1. The van der Waals surface area contributed by atoms with E-state index in [1.807, 2.05) is 18.3 Å². The molecule has 0 radical (unpaired) electrons. The van der Waals surface area contributed by atoms with Crippen molar-refractivity contribution in [2.75, 3.05) is 6.54 Å². The summed E-state index contributed by atoms with van der Waals surface area (Å²) in [5, 5.41) is 3.48. The molecule has 0 amide bonds. The van der Waals surface area contributed by atoms with Gasteiger partial charge in [0.05, 0.1) is 15.9 Å². The predicted octanol–water partition coefficient (Wildman–Crippen LogP) is 3.04. The minimum absolute atomic E-state index is 0.384. The Kier molecular flexibility index (Phi) is 4.16. The van der Waals surface area contributed by atoms with Crippen LogP contribution in [0.2, 0.25) is 0 Å². The van der Waals surface area contributed by atoms with E-state index in [1.54, 1.807) is 22.3 Å². The van der Waals surface area contributed by atoms with Gasteiger partial charge in [-0.1, -0.05) is 6.07 Å². The summed E-state index contributed by atoms with van der Waals surface area (Å²) in [4.78, 5) is 4.93. The maximum Gasteiger partial charge on any atom is 0.157 e. The highest BCUT2D eigenvalue weighted by molar-refractivity contribution is 7.83. The molecule has 1 unspecified atom stereocenters. The summed E-state index contributed by atoms with van der Waals surface area (Å²) in [5.74, 6) is -0.384.